The van der Waals surface area contributed by atoms with Crippen molar-refractivity contribution in [3.63, 3.8) is 0 Å². The molecule has 1 unspecified atom stereocenters. The highest BCUT2D eigenvalue weighted by Gasteiger charge is 2.50. The molecule has 1 heterocycles. The largest absolute Gasteiger partial charge is 0.418 e. The highest BCUT2D eigenvalue weighted by molar-refractivity contribution is 5.50. The number of aliphatic hydroxyl groups is 1. The average Bonchev–Trinajstić information content (AvgIpc) is 2.98. The van der Waals surface area contributed by atoms with E-state index in [-0.39, 0.29) is 28.9 Å². The zero-order chi connectivity index (χ0) is 19.3. The molecule has 3 rings (SSSR count). The number of halogens is 6. The maximum absolute atomic E-state index is 13.8. The van der Waals surface area contributed by atoms with Gasteiger partial charge in [-0.25, -0.2) is 13.2 Å². The summed E-state index contributed by atoms with van der Waals surface area (Å²) in [4.78, 5) is 0. The SMILES string of the molecule is N#Cc1ccc(-n2cc(C(F)(F)F)c3c2CCC(F)(F)C3O)cc1CF. The van der Waals surface area contributed by atoms with Gasteiger partial charge >= 0.3 is 6.18 Å². The van der Waals surface area contributed by atoms with Crippen LogP contribution in [0.15, 0.2) is 24.4 Å². The quantitative estimate of drug-likeness (QED) is 0.790. The van der Waals surface area contributed by atoms with Crippen molar-refractivity contribution in [3.8, 4) is 11.8 Å². The second-order valence-corrected chi connectivity index (χ2v) is 6.02. The van der Waals surface area contributed by atoms with Gasteiger partial charge in [-0.15, -0.1) is 0 Å². The van der Waals surface area contributed by atoms with Gasteiger partial charge < -0.3 is 9.67 Å². The molecule has 1 aliphatic rings. The van der Waals surface area contributed by atoms with E-state index in [0.717, 1.165) is 4.57 Å². The van der Waals surface area contributed by atoms with Crippen LogP contribution < -0.4 is 0 Å². The first-order valence-electron chi connectivity index (χ1n) is 7.56. The first kappa shape index (κ1) is 18.3. The Morgan fingerprint density at radius 2 is 2.00 bits per heavy atom. The lowest BCUT2D eigenvalue weighted by Gasteiger charge is -2.29. The first-order valence-corrected chi connectivity index (χ1v) is 7.56. The number of aromatic nitrogens is 1. The third kappa shape index (κ3) is 2.84. The molecule has 0 saturated carbocycles. The lowest BCUT2D eigenvalue weighted by molar-refractivity contribution is -0.147. The number of aliphatic hydroxyl groups excluding tert-OH is 1. The van der Waals surface area contributed by atoms with Gasteiger partial charge in [-0.2, -0.15) is 18.4 Å². The summed E-state index contributed by atoms with van der Waals surface area (Å²) in [5.74, 6) is -3.67. The smallest absolute Gasteiger partial charge is 0.382 e. The summed E-state index contributed by atoms with van der Waals surface area (Å²) in [6.45, 7) is -1.01. The number of nitrogens with zero attached hydrogens (tertiary/aromatic N) is 2. The molecule has 1 N–H and O–H groups in total. The molecule has 0 saturated heterocycles. The molecule has 2 aromatic rings. The molecule has 1 aromatic carbocycles. The fourth-order valence-corrected chi connectivity index (χ4v) is 3.16. The third-order valence-electron chi connectivity index (χ3n) is 4.46. The Kier molecular flexibility index (Phi) is 4.27. The van der Waals surface area contributed by atoms with Gasteiger partial charge in [0.2, 0.25) is 0 Å². The van der Waals surface area contributed by atoms with Crippen LogP contribution >= 0.6 is 0 Å². The van der Waals surface area contributed by atoms with Crippen LogP contribution in [0.1, 0.15) is 40.5 Å². The minimum atomic E-state index is -4.95. The zero-order valence-electron chi connectivity index (χ0n) is 13.1. The van der Waals surface area contributed by atoms with Crippen LogP contribution in [0.3, 0.4) is 0 Å². The molecule has 0 spiro atoms. The molecule has 3 nitrogen and oxygen atoms in total. The Balaban J connectivity index is 2.24. The summed E-state index contributed by atoms with van der Waals surface area (Å²) in [7, 11) is 0. The number of rotatable bonds is 2. The van der Waals surface area contributed by atoms with Gasteiger partial charge in [0.1, 0.15) is 12.8 Å². The predicted octanol–water partition coefficient (Wildman–Crippen LogP) is 4.45. The molecular formula is C17H12F6N2O. The lowest BCUT2D eigenvalue weighted by atomic mass is 9.89. The Morgan fingerprint density at radius 1 is 1.31 bits per heavy atom. The molecule has 9 heteroatoms. The minimum absolute atomic E-state index is 0.0253. The van der Waals surface area contributed by atoms with E-state index < -0.39 is 42.4 Å². The molecular weight excluding hydrogens is 362 g/mol. The Morgan fingerprint density at radius 3 is 2.58 bits per heavy atom. The van der Waals surface area contributed by atoms with E-state index in [1.165, 1.54) is 18.2 Å². The highest BCUT2D eigenvalue weighted by Crippen LogP contribution is 2.48. The van der Waals surface area contributed by atoms with E-state index >= 15 is 0 Å². The van der Waals surface area contributed by atoms with Gasteiger partial charge in [0, 0.05) is 35.1 Å². The van der Waals surface area contributed by atoms with Crippen LogP contribution in [0, 0.1) is 11.3 Å². The van der Waals surface area contributed by atoms with Crippen molar-refractivity contribution in [1.82, 2.24) is 4.57 Å². The lowest BCUT2D eigenvalue weighted by Crippen LogP contribution is -2.33. The number of alkyl halides is 6. The Hall–Kier alpha value is -2.47. The van der Waals surface area contributed by atoms with Crippen LogP contribution in [-0.4, -0.2) is 15.6 Å². The molecule has 1 atom stereocenters. The van der Waals surface area contributed by atoms with Crippen molar-refractivity contribution < 1.29 is 31.4 Å². The van der Waals surface area contributed by atoms with Gasteiger partial charge in [-0.1, -0.05) is 0 Å². The van der Waals surface area contributed by atoms with Crippen molar-refractivity contribution in [2.45, 2.75) is 37.7 Å². The van der Waals surface area contributed by atoms with Crippen LogP contribution in [0.4, 0.5) is 26.3 Å². The van der Waals surface area contributed by atoms with Gasteiger partial charge in [0.25, 0.3) is 5.92 Å². The summed E-state index contributed by atoms with van der Waals surface area (Å²) in [6, 6.07) is 5.51. The molecule has 0 bridgehead atoms. The standard InChI is InChI=1S/C17H12F6N2O/c18-6-10-5-11(2-1-9(10)7-24)25-8-12(17(21,22)23)14-13(25)3-4-16(19,20)15(14)26/h1-2,5,8,15,26H,3-4,6H2. The van der Waals surface area contributed by atoms with Crippen molar-refractivity contribution in [2.75, 3.05) is 0 Å². The fraction of sp³-hybridized carbons (Fsp3) is 0.353. The monoisotopic (exact) mass is 374 g/mol. The van der Waals surface area contributed by atoms with Gasteiger partial charge in [0.15, 0.2) is 0 Å². The number of fused-ring (bicyclic) bond motifs is 1. The molecule has 0 radical (unpaired) electrons. The predicted molar refractivity (Wildman–Crippen MR) is 78.5 cm³/mol. The normalized spacial score (nSPS) is 19.1. The second kappa shape index (κ2) is 6.06. The summed E-state index contributed by atoms with van der Waals surface area (Å²) < 4.78 is 81.6. The topological polar surface area (TPSA) is 49.0 Å². The summed E-state index contributed by atoms with van der Waals surface area (Å²) in [5, 5.41) is 18.7. The molecule has 1 aliphatic carbocycles. The molecule has 26 heavy (non-hydrogen) atoms. The fourth-order valence-electron chi connectivity index (χ4n) is 3.16. The average molecular weight is 374 g/mol. The van der Waals surface area contributed by atoms with E-state index in [4.69, 9.17) is 5.26 Å². The van der Waals surface area contributed by atoms with E-state index in [1.54, 1.807) is 6.07 Å². The summed E-state index contributed by atoms with van der Waals surface area (Å²) in [5.41, 5.74) is -2.22. The van der Waals surface area contributed by atoms with Crippen LogP contribution in [0.25, 0.3) is 5.69 Å². The van der Waals surface area contributed by atoms with Crippen molar-refractivity contribution in [2.24, 2.45) is 0 Å². The molecule has 1 aromatic heterocycles. The van der Waals surface area contributed by atoms with Crippen LogP contribution in [-0.2, 0) is 19.3 Å². The van der Waals surface area contributed by atoms with Gasteiger partial charge in [-0.05, 0) is 24.6 Å². The zero-order valence-corrected chi connectivity index (χ0v) is 13.1. The van der Waals surface area contributed by atoms with Gasteiger partial charge in [0.05, 0.1) is 17.2 Å². The van der Waals surface area contributed by atoms with E-state index in [2.05, 4.69) is 0 Å². The number of hydrogen-bond acceptors (Lipinski definition) is 2. The number of hydrogen-bond donors (Lipinski definition) is 1. The highest BCUT2D eigenvalue weighted by atomic mass is 19.4. The first-order chi connectivity index (χ1) is 12.1. The van der Waals surface area contributed by atoms with Gasteiger partial charge in [-0.3, -0.25) is 0 Å². The van der Waals surface area contributed by atoms with E-state index in [9.17, 15) is 31.4 Å². The summed E-state index contributed by atoms with van der Waals surface area (Å²) >= 11 is 0. The van der Waals surface area contributed by atoms with Crippen molar-refractivity contribution in [1.29, 1.82) is 5.26 Å². The Bertz CT molecular complexity index is 894. The number of nitriles is 1. The Labute approximate surface area is 144 Å². The van der Waals surface area contributed by atoms with Crippen LogP contribution in [0.2, 0.25) is 0 Å². The van der Waals surface area contributed by atoms with Crippen molar-refractivity contribution in [3.05, 3.63) is 52.3 Å². The maximum atomic E-state index is 13.8. The van der Waals surface area contributed by atoms with Crippen LogP contribution in [0.5, 0.6) is 0 Å². The maximum Gasteiger partial charge on any atom is 0.418 e. The number of benzene rings is 1. The minimum Gasteiger partial charge on any atom is -0.382 e. The van der Waals surface area contributed by atoms with E-state index in [1.807, 2.05) is 0 Å². The third-order valence-corrected chi connectivity index (χ3v) is 4.46. The molecule has 0 aliphatic heterocycles. The van der Waals surface area contributed by atoms with Crippen molar-refractivity contribution >= 4 is 0 Å². The molecule has 0 fully saturated rings. The summed E-state index contributed by atoms with van der Waals surface area (Å²) in [6.07, 6.45) is -8.10. The molecule has 0 amide bonds. The molecule has 138 valence electrons. The second-order valence-electron chi connectivity index (χ2n) is 6.02. The van der Waals surface area contributed by atoms with E-state index in [0.29, 0.717) is 6.20 Å².